The van der Waals surface area contributed by atoms with Gasteiger partial charge in [-0.25, -0.2) is 4.98 Å². The molecule has 0 aliphatic heterocycles. The molecule has 0 radical (unpaired) electrons. The van der Waals surface area contributed by atoms with Crippen molar-refractivity contribution in [3.63, 3.8) is 0 Å². The second-order valence-electron chi connectivity index (χ2n) is 5.45. The second-order valence-corrected chi connectivity index (χ2v) is 6.95. The van der Waals surface area contributed by atoms with Crippen molar-refractivity contribution in [2.24, 2.45) is 0 Å². The molecule has 0 bridgehead atoms. The van der Waals surface area contributed by atoms with Crippen molar-refractivity contribution in [1.82, 2.24) is 9.88 Å². The molecule has 1 amide bonds. The Balaban J connectivity index is 1.66. The van der Waals surface area contributed by atoms with Gasteiger partial charge in [-0.15, -0.1) is 11.3 Å². The van der Waals surface area contributed by atoms with E-state index in [-0.39, 0.29) is 18.6 Å². The summed E-state index contributed by atoms with van der Waals surface area (Å²) in [6.07, 6.45) is 0. The summed E-state index contributed by atoms with van der Waals surface area (Å²) in [4.78, 5) is 18.6. The van der Waals surface area contributed by atoms with Gasteiger partial charge in [-0.1, -0.05) is 29.8 Å². The smallest absolute Gasteiger partial charge is 0.260 e. The van der Waals surface area contributed by atoms with E-state index in [0.29, 0.717) is 10.8 Å². The molecule has 24 heavy (non-hydrogen) atoms. The number of thiazole rings is 1. The monoisotopic (exact) mass is 360 g/mol. The zero-order chi connectivity index (χ0) is 17.1. The van der Waals surface area contributed by atoms with E-state index in [1.807, 2.05) is 31.2 Å². The Morgan fingerprint density at radius 3 is 2.83 bits per heavy atom. The van der Waals surface area contributed by atoms with Crippen LogP contribution in [-0.2, 0) is 4.79 Å². The third-order valence-electron chi connectivity index (χ3n) is 3.80. The van der Waals surface area contributed by atoms with Crippen LogP contribution in [0.25, 0.3) is 10.2 Å². The van der Waals surface area contributed by atoms with E-state index in [4.69, 9.17) is 16.3 Å². The highest BCUT2D eigenvalue weighted by molar-refractivity contribution is 7.18. The molecule has 0 N–H and O–H groups in total. The lowest BCUT2D eigenvalue weighted by atomic mass is 10.3. The first-order valence-electron chi connectivity index (χ1n) is 7.54. The molecule has 0 unspecified atom stereocenters. The highest BCUT2D eigenvalue weighted by Crippen LogP contribution is 2.28. The van der Waals surface area contributed by atoms with E-state index < -0.39 is 0 Å². The number of hydrogen-bond acceptors (Lipinski definition) is 4. The van der Waals surface area contributed by atoms with Gasteiger partial charge >= 0.3 is 0 Å². The minimum absolute atomic E-state index is 0.0356. The number of halogens is 1. The molecule has 0 spiro atoms. The zero-order valence-electron chi connectivity index (χ0n) is 13.4. The van der Waals surface area contributed by atoms with Crippen LogP contribution in [0, 0.1) is 0 Å². The van der Waals surface area contributed by atoms with E-state index in [1.54, 1.807) is 47.5 Å². The van der Waals surface area contributed by atoms with E-state index in [1.165, 1.54) is 0 Å². The number of carbonyl (C=O) groups is 1. The number of likely N-dealkylation sites (N-methyl/N-ethyl adjacent to an activating group) is 1. The third-order valence-corrected chi connectivity index (χ3v) is 5.24. The van der Waals surface area contributed by atoms with Crippen LogP contribution in [0.3, 0.4) is 0 Å². The number of amides is 1. The van der Waals surface area contributed by atoms with Crippen molar-refractivity contribution >= 4 is 39.1 Å². The highest BCUT2D eigenvalue weighted by atomic mass is 35.5. The highest BCUT2D eigenvalue weighted by Gasteiger charge is 2.21. The Kier molecular flexibility index (Phi) is 5.02. The Morgan fingerprint density at radius 1 is 1.29 bits per heavy atom. The van der Waals surface area contributed by atoms with E-state index in [2.05, 4.69) is 4.98 Å². The molecule has 0 aliphatic carbocycles. The van der Waals surface area contributed by atoms with E-state index in [9.17, 15) is 4.79 Å². The molecule has 0 saturated heterocycles. The maximum atomic E-state index is 12.4. The van der Waals surface area contributed by atoms with Gasteiger partial charge in [0.25, 0.3) is 5.91 Å². The van der Waals surface area contributed by atoms with E-state index >= 15 is 0 Å². The molecule has 1 heterocycles. The standard InChI is InChI=1S/C18H17ClN2O2S/c1-12(18-20-15-8-3-4-9-16(15)24-18)21(2)17(22)11-23-14-7-5-6-13(19)10-14/h3-10,12H,11H2,1-2H3/t12-/m1/s1. The van der Waals surface area contributed by atoms with Crippen molar-refractivity contribution in [2.75, 3.05) is 13.7 Å². The summed E-state index contributed by atoms with van der Waals surface area (Å²) in [5, 5.41) is 1.49. The fraction of sp³-hybridized carbons (Fsp3) is 0.222. The summed E-state index contributed by atoms with van der Waals surface area (Å²) in [6, 6.07) is 14.9. The van der Waals surface area contributed by atoms with Gasteiger partial charge in [0, 0.05) is 12.1 Å². The molecule has 2 aromatic carbocycles. The summed E-state index contributed by atoms with van der Waals surface area (Å²) in [5.41, 5.74) is 0.959. The number of nitrogens with zero attached hydrogens (tertiary/aromatic N) is 2. The van der Waals surface area contributed by atoms with Crippen molar-refractivity contribution in [2.45, 2.75) is 13.0 Å². The minimum Gasteiger partial charge on any atom is -0.484 e. The number of fused-ring (bicyclic) bond motifs is 1. The fourth-order valence-electron chi connectivity index (χ4n) is 2.25. The van der Waals surface area contributed by atoms with Crippen LogP contribution in [0.2, 0.25) is 5.02 Å². The molecule has 124 valence electrons. The van der Waals surface area contributed by atoms with Crippen LogP contribution in [0.15, 0.2) is 48.5 Å². The second kappa shape index (κ2) is 7.20. The topological polar surface area (TPSA) is 42.4 Å². The molecular formula is C18H17ClN2O2S. The lowest BCUT2D eigenvalue weighted by Gasteiger charge is -2.23. The van der Waals surface area contributed by atoms with E-state index in [0.717, 1.165) is 15.2 Å². The number of ether oxygens (including phenoxy) is 1. The van der Waals surface area contributed by atoms with Gasteiger partial charge in [0.2, 0.25) is 0 Å². The average Bonchev–Trinajstić information content (AvgIpc) is 3.02. The van der Waals surface area contributed by atoms with Gasteiger partial charge < -0.3 is 9.64 Å². The lowest BCUT2D eigenvalue weighted by molar-refractivity contribution is -0.134. The molecule has 0 aliphatic rings. The maximum Gasteiger partial charge on any atom is 0.260 e. The van der Waals surface area contributed by atoms with Crippen LogP contribution in [0.1, 0.15) is 18.0 Å². The van der Waals surface area contributed by atoms with Crippen molar-refractivity contribution in [1.29, 1.82) is 0 Å². The Labute approximate surface area is 149 Å². The maximum absolute atomic E-state index is 12.4. The van der Waals surface area contributed by atoms with Crippen LogP contribution in [0.4, 0.5) is 0 Å². The summed E-state index contributed by atoms with van der Waals surface area (Å²) in [5.74, 6) is 0.471. The number of hydrogen-bond donors (Lipinski definition) is 0. The molecule has 3 rings (SSSR count). The van der Waals surface area contributed by atoms with Gasteiger partial charge in [0.1, 0.15) is 10.8 Å². The predicted molar refractivity (Wildman–Crippen MR) is 97.8 cm³/mol. The molecule has 6 heteroatoms. The minimum atomic E-state index is -0.113. The first kappa shape index (κ1) is 16.7. The first-order valence-corrected chi connectivity index (χ1v) is 8.73. The summed E-state index contributed by atoms with van der Waals surface area (Å²) in [6.45, 7) is 1.93. The third kappa shape index (κ3) is 3.68. The van der Waals surface area contributed by atoms with Gasteiger partial charge in [0.05, 0.1) is 16.3 Å². The molecule has 4 nitrogen and oxygen atoms in total. The Bertz CT molecular complexity index is 832. The van der Waals surface area contributed by atoms with Gasteiger partial charge in [-0.3, -0.25) is 4.79 Å². The molecule has 3 aromatic rings. The first-order chi connectivity index (χ1) is 11.5. The van der Waals surface area contributed by atoms with Gasteiger partial charge in [-0.05, 0) is 37.3 Å². The quantitative estimate of drug-likeness (QED) is 0.670. The van der Waals surface area contributed by atoms with Crippen molar-refractivity contribution in [3.05, 3.63) is 58.6 Å². The van der Waals surface area contributed by atoms with Crippen molar-refractivity contribution < 1.29 is 9.53 Å². The Morgan fingerprint density at radius 2 is 2.08 bits per heavy atom. The van der Waals surface area contributed by atoms with Crippen molar-refractivity contribution in [3.8, 4) is 5.75 Å². The number of benzene rings is 2. The molecule has 1 aromatic heterocycles. The predicted octanol–water partition coefficient (Wildman–Crippen LogP) is 4.55. The summed E-state index contributed by atoms with van der Waals surface area (Å²) in [7, 11) is 1.76. The lowest BCUT2D eigenvalue weighted by Crippen LogP contribution is -2.33. The summed E-state index contributed by atoms with van der Waals surface area (Å²) < 4.78 is 6.64. The molecule has 0 fully saturated rings. The Hall–Kier alpha value is -2.11. The number of para-hydroxylation sites is 1. The number of aromatic nitrogens is 1. The number of carbonyl (C=O) groups excluding carboxylic acids is 1. The van der Waals surface area contributed by atoms with Crippen LogP contribution >= 0.6 is 22.9 Å². The van der Waals surface area contributed by atoms with Crippen LogP contribution in [0.5, 0.6) is 5.75 Å². The fourth-order valence-corrected chi connectivity index (χ4v) is 3.50. The van der Waals surface area contributed by atoms with Gasteiger partial charge in [-0.2, -0.15) is 0 Å². The largest absolute Gasteiger partial charge is 0.484 e. The molecular weight excluding hydrogens is 344 g/mol. The molecule has 0 saturated carbocycles. The zero-order valence-corrected chi connectivity index (χ0v) is 15.0. The number of rotatable bonds is 5. The average molecular weight is 361 g/mol. The van der Waals surface area contributed by atoms with Crippen LogP contribution in [-0.4, -0.2) is 29.4 Å². The van der Waals surface area contributed by atoms with Crippen LogP contribution < -0.4 is 4.74 Å². The normalized spacial score (nSPS) is 12.1. The molecule has 1 atom stereocenters. The SMILES string of the molecule is C[C@H](c1nc2ccccc2s1)N(C)C(=O)COc1cccc(Cl)c1. The van der Waals surface area contributed by atoms with Gasteiger partial charge in [0.15, 0.2) is 6.61 Å². The summed E-state index contributed by atoms with van der Waals surface area (Å²) >= 11 is 7.51.